The van der Waals surface area contributed by atoms with Crippen LogP contribution in [0.4, 0.5) is 10.1 Å². The first kappa shape index (κ1) is 19.2. The summed E-state index contributed by atoms with van der Waals surface area (Å²) in [6.45, 7) is 6.23. The van der Waals surface area contributed by atoms with Crippen molar-refractivity contribution >= 4 is 23.7 Å². The molecule has 0 aromatic heterocycles. The van der Waals surface area contributed by atoms with E-state index >= 15 is 0 Å². The van der Waals surface area contributed by atoms with Crippen molar-refractivity contribution in [2.75, 3.05) is 51.3 Å². The predicted octanol–water partition coefficient (Wildman–Crippen LogP) is 4.34. The maximum atomic E-state index is 13.1. The number of halogens is 1. The smallest absolute Gasteiger partial charge is 0.127 e. The molecule has 2 aliphatic rings. The Balaban J connectivity index is 1.21. The maximum absolute atomic E-state index is 13.1. The minimum atomic E-state index is -0.173. The summed E-state index contributed by atoms with van der Waals surface area (Å²) >= 11 is 1.78. The third-order valence-electron chi connectivity index (χ3n) is 5.29. The lowest BCUT2D eigenvalue weighted by Crippen LogP contribution is -2.46. The van der Waals surface area contributed by atoms with Gasteiger partial charge in [-0.1, -0.05) is 6.07 Å². The largest absolute Gasteiger partial charge is 0.496 e. The summed E-state index contributed by atoms with van der Waals surface area (Å²) in [7, 11) is 1.72. The van der Waals surface area contributed by atoms with Crippen LogP contribution in [0.2, 0.25) is 0 Å². The lowest BCUT2D eigenvalue weighted by molar-refractivity contribution is 0.251. The Hall–Kier alpha value is -2.18. The first-order valence-corrected chi connectivity index (χ1v) is 10.5. The summed E-state index contributed by atoms with van der Waals surface area (Å²) in [6.07, 6.45) is 5.43. The minimum absolute atomic E-state index is 0.173. The molecule has 1 saturated heterocycles. The lowest BCUT2D eigenvalue weighted by Gasteiger charge is -2.36. The van der Waals surface area contributed by atoms with Crippen LogP contribution in [0.15, 0.2) is 53.6 Å². The molecule has 2 heterocycles. The molecule has 28 heavy (non-hydrogen) atoms. The number of hydrogen-bond acceptors (Lipinski definition) is 5. The summed E-state index contributed by atoms with van der Waals surface area (Å²) in [6, 6.07) is 13.0. The summed E-state index contributed by atoms with van der Waals surface area (Å²) in [4.78, 5) is 6.11. The van der Waals surface area contributed by atoms with Crippen molar-refractivity contribution in [1.29, 1.82) is 0 Å². The molecule has 2 aromatic carbocycles. The van der Waals surface area contributed by atoms with Gasteiger partial charge < -0.3 is 13.9 Å². The second-order valence-corrected chi connectivity index (χ2v) is 8.17. The fourth-order valence-corrected chi connectivity index (χ4v) is 4.71. The Labute approximate surface area is 170 Å². The van der Waals surface area contributed by atoms with Crippen molar-refractivity contribution in [3.05, 3.63) is 60.0 Å². The summed E-state index contributed by atoms with van der Waals surface area (Å²) in [5, 5.41) is 0. The van der Waals surface area contributed by atoms with Crippen molar-refractivity contribution in [1.82, 2.24) is 9.21 Å². The van der Waals surface area contributed by atoms with Crippen LogP contribution in [0.5, 0.6) is 5.75 Å². The molecule has 4 nitrogen and oxygen atoms in total. The number of methoxy groups -OCH3 is 1. The molecule has 1 fully saturated rings. The molecule has 0 N–H and O–H groups in total. The van der Waals surface area contributed by atoms with Crippen LogP contribution in [0, 0.1) is 5.82 Å². The van der Waals surface area contributed by atoms with Crippen molar-refractivity contribution in [2.45, 2.75) is 11.3 Å². The highest BCUT2D eigenvalue weighted by Gasteiger charge is 2.18. The van der Waals surface area contributed by atoms with Crippen LogP contribution in [0.3, 0.4) is 0 Å². The number of anilines is 1. The van der Waals surface area contributed by atoms with Crippen molar-refractivity contribution < 1.29 is 9.13 Å². The maximum Gasteiger partial charge on any atom is 0.127 e. The molecular formula is C22H26FN3OS. The van der Waals surface area contributed by atoms with Gasteiger partial charge in [-0.15, -0.1) is 0 Å². The fourth-order valence-electron chi connectivity index (χ4n) is 3.71. The average molecular weight is 400 g/mol. The highest BCUT2D eigenvalue weighted by Crippen LogP contribution is 2.37. The van der Waals surface area contributed by atoms with Gasteiger partial charge in [0, 0.05) is 55.1 Å². The van der Waals surface area contributed by atoms with E-state index in [1.807, 2.05) is 24.3 Å². The molecule has 148 valence electrons. The molecule has 2 aliphatic heterocycles. The van der Waals surface area contributed by atoms with Gasteiger partial charge in [0.15, 0.2) is 0 Å². The van der Waals surface area contributed by atoms with Gasteiger partial charge in [0.1, 0.15) is 11.6 Å². The van der Waals surface area contributed by atoms with Crippen molar-refractivity contribution in [3.63, 3.8) is 0 Å². The Morgan fingerprint density at radius 3 is 2.54 bits per heavy atom. The number of hydrogen-bond donors (Lipinski definition) is 0. The molecule has 0 unspecified atom stereocenters. The molecule has 0 atom stereocenters. The van der Waals surface area contributed by atoms with Gasteiger partial charge in [0.25, 0.3) is 0 Å². The molecule has 0 aliphatic carbocycles. The van der Waals surface area contributed by atoms with Crippen LogP contribution < -0.4 is 9.64 Å². The predicted molar refractivity (Wildman–Crippen MR) is 114 cm³/mol. The monoisotopic (exact) mass is 399 g/mol. The van der Waals surface area contributed by atoms with Gasteiger partial charge in [-0.3, -0.25) is 4.90 Å². The highest BCUT2D eigenvalue weighted by molar-refractivity contribution is 7.97. The molecule has 4 rings (SSSR count). The van der Waals surface area contributed by atoms with Crippen LogP contribution in [-0.4, -0.2) is 55.6 Å². The van der Waals surface area contributed by atoms with E-state index in [0.717, 1.165) is 57.1 Å². The lowest BCUT2D eigenvalue weighted by atomic mass is 10.2. The molecule has 6 heteroatoms. The summed E-state index contributed by atoms with van der Waals surface area (Å²) < 4.78 is 20.8. The quantitative estimate of drug-likeness (QED) is 0.671. The zero-order valence-electron chi connectivity index (χ0n) is 16.2. The number of fused-ring (bicyclic) bond motifs is 1. The van der Waals surface area contributed by atoms with Crippen molar-refractivity contribution in [2.24, 2.45) is 0 Å². The van der Waals surface area contributed by atoms with Crippen molar-refractivity contribution in [3.8, 4) is 5.75 Å². The zero-order valence-corrected chi connectivity index (χ0v) is 17.0. The van der Waals surface area contributed by atoms with E-state index in [9.17, 15) is 4.39 Å². The molecule has 0 amide bonds. The molecule has 0 spiro atoms. The molecular weight excluding hydrogens is 373 g/mol. The second kappa shape index (κ2) is 8.88. The Morgan fingerprint density at radius 2 is 1.79 bits per heavy atom. The SMILES string of the molecule is COc1cccc2c1C=CN(CCCN1CCN(c3ccc(F)cc3)CC1)S2. The van der Waals surface area contributed by atoms with E-state index in [0.29, 0.717) is 0 Å². The first-order chi connectivity index (χ1) is 13.7. The van der Waals surface area contributed by atoms with Crippen LogP contribution in [0.25, 0.3) is 6.08 Å². The normalized spacial score (nSPS) is 16.9. The number of ether oxygens (including phenoxy) is 1. The number of rotatable bonds is 6. The Bertz CT molecular complexity index is 819. The van der Waals surface area contributed by atoms with E-state index in [-0.39, 0.29) is 5.82 Å². The third-order valence-corrected chi connectivity index (χ3v) is 6.38. The molecule has 2 aromatic rings. The van der Waals surface area contributed by atoms with Gasteiger partial charge in [-0.05, 0) is 67.4 Å². The Morgan fingerprint density at radius 1 is 1.00 bits per heavy atom. The van der Waals surface area contributed by atoms with Crippen LogP contribution >= 0.6 is 11.9 Å². The highest BCUT2D eigenvalue weighted by atomic mass is 32.2. The van der Waals surface area contributed by atoms with Gasteiger partial charge in [0.2, 0.25) is 0 Å². The number of nitrogens with zero attached hydrogens (tertiary/aromatic N) is 3. The topological polar surface area (TPSA) is 19.0 Å². The summed E-state index contributed by atoms with van der Waals surface area (Å²) in [5.74, 6) is 0.757. The standard InChI is InChI=1S/C22H26FN3OS/c1-27-21-4-2-5-22-20(21)10-13-26(28-22)12-3-11-24-14-16-25(17-15-24)19-8-6-18(23)7-9-19/h2,4-10,13H,3,11-12,14-17H2,1H3. The Kier molecular flexibility index (Phi) is 6.07. The van der Waals surface area contributed by atoms with Gasteiger partial charge >= 0.3 is 0 Å². The minimum Gasteiger partial charge on any atom is -0.496 e. The zero-order chi connectivity index (χ0) is 19.3. The molecule has 0 saturated carbocycles. The van der Waals surface area contributed by atoms with E-state index in [4.69, 9.17) is 4.74 Å². The van der Waals surface area contributed by atoms with Gasteiger partial charge in [-0.2, -0.15) is 0 Å². The molecule has 0 radical (unpaired) electrons. The average Bonchev–Trinajstić information content (AvgIpc) is 2.74. The first-order valence-electron chi connectivity index (χ1n) is 9.75. The second-order valence-electron chi connectivity index (χ2n) is 7.08. The van der Waals surface area contributed by atoms with E-state index in [2.05, 4.69) is 32.4 Å². The van der Waals surface area contributed by atoms with E-state index in [1.54, 1.807) is 31.2 Å². The molecule has 0 bridgehead atoms. The van der Waals surface area contributed by atoms with Crippen LogP contribution in [-0.2, 0) is 0 Å². The fraction of sp³-hybridized carbons (Fsp3) is 0.364. The third kappa shape index (κ3) is 4.45. The van der Waals surface area contributed by atoms with E-state index in [1.165, 1.54) is 10.5 Å². The number of piperazine rings is 1. The number of benzene rings is 2. The van der Waals surface area contributed by atoms with Gasteiger partial charge in [0.05, 0.1) is 7.11 Å². The van der Waals surface area contributed by atoms with Gasteiger partial charge in [-0.25, -0.2) is 4.39 Å². The summed E-state index contributed by atoms with van der Waals surface area (Å²) in [5.41, 5.74) is 2.29. The van der Waals surface area contributed by atoms with Crippen LogP contribution in [0.1, 0.15) is 12.0 Å². The van der Waals surface area contributed by atoms with E-state index < -0.39 is 0 Å².